The van der Waals surface area contributed by atoms with Crippen LogP contribution >= 0.6 is 11.3 Å². The Labute approximate surface area is 107 Å². The second-order valence-corrected chi connectivity index (χ2v) is 5.71. The Morgan fingerprint density at radius 3 is 2.88 bits per heavy atom. The minimum absolute atomic E-state index is 0.560. The topological polar surface area (TPSA) is 29.3 Å². The maximum Gasteiger partial charge on any atom is 0.0346 e. The summed E-state index contributed by atoms with van der Waals surface area (Å²) in [5, 5.41) is 3.67. The molecule has 0 radical (unpaired) electrons. The van der Waals surface area contributed by atoms with Crippen LogP contribution in [0.2, 0.25) is 0 Å². The molecule has 1 aromatic carbocycles. The van der Waals surface area contributed by atoms with Gasteiger partial charge in [-0.3, -0.25) is 0 Å². The van der Waals surface area contributed by atoms with E-state index in [0.29, 0.717) is 5.92 Å². The molecular formula is C14H20N2S. The average Bonchev–Trinajstić information content (AvgIpc) is 2.72. The zero-order valence-electron chi connectivity index (χ0n) is 10.5. The molecule has 1 heterocycles. The van der Waals surface area contributed by atoms with E-state index in [0.717, 1.165) is 19.6 Å². The molecule has 0 spiro atoms. The van der Waals surface area contributed by atoms with Gasteiger partial charge < -0.3 is 10.6 Å². The lowest BCUT2D eigenvalue weighted by Crippen LogP contribution is -2.27. The van der Waals surface area contributed by atoms with Gasteiger partial charge in [0.15, 0.2) is 0 Å². The van der Waals surface area contributed by atoms with Crippen molar-refractivity contribution in [2.75, 3.05) is 20.1 Å². The Bertz CT molecular complexity index is 478. The molecule has 1 unspecified atom stereocenters. The lowest BCUT2D eigenvalue weighted by molar-refractivity contribution is 0.283. The highest BCUT2D eigenvalue weighted by Gasteiger charge is 2.08. The molecule has 2 rings (SSSR count). The van der Waals surface area contributed by atoms with Crippen molar-refractivity contribution >= 4 is 21.4 Å². The molecule has 92 valence electrons. The van der Waals surface area contributed by atoms with Crippen LogP contribution in [0.1, 0.15) is 12.5 Å². The van der Waals surface area contributed by atoms with Gasteiger partial charge in [-0.05, 0) is 41.9 Å². The Morgan fingerprint density at radius 1 is 1.35 bits per heavy atom. The molecule has 0 aliphatic heterocycles. The van der Waals surface area contributed by atoms with Crippen molar-refractivity contribution in [1.82, 2.24) is 4.90 Å². The second kappa shape index (κ2) is 5.63. The van der Waals surface area contributed by atoms with E-state index in [1.54, 1.807) is 0 Å². The van der Waals surface area contributed by atoms with Crippen molar-refractivity contribution < 1.29 is 0 Å². The van der Waals surface area contributed by atoms with Crippen molar-refractivity contribution in [3.63, 3.8) is 0 Å². The first-order valence-electron chi connectivity index (χ1n) is 6.04. The minimum atomic E-state index is 0.560. The molecule has 2 aromatic rings. The summed E-state index contributed by atoms with van der Waals surface area (Å²) >= 11 is 1.83. The van der Waals surface area contributed by atoms with Crippen LogP contribution < -0.4 is 5.73 Å². The number of thiophene rings is 1. The summed E-state index contributed by atoms with van der Waals surface area (Å²) in [6.07, 6.45) is 0. The van der Waals surface area contributed by atoms with Crippen molar-refractivity contribution in [2.24, 2.45) is 11.7 Å². The van der Waals surface area contributed by atoms with Crippen molar-refractivity contribution in [3.05, 3.63) is 35.2 Å². The van der Waals surface area contributed by atoms with E-state index in [4.69, 9.17) is 5.73 Å². The quantitative estimate of drug-likeness (QED) is 0.881. The van der Waals surface area contributed by atoms with Gasteiger partial charge in [-0.25, -0.2) is 0 Å². The van der Waals surface area contributed by atoms with E-state index in [1.807, 2.05) is 11.3 Å². The van der Waals surface area contributed by atoms with E-state index in [9.17, 15) is 0 Å². The van der Waals surface area contributed by atoms with Gasteiger partial charge in [-0.1, -0.05) is 25.1 Å². The molecule has 0 fully saturated rings. The smallest absolute Gasteiger partial charge is 0.0346 e. The number of nitrogens with two attached hydrogens (primary N) is 1. The highest BCUT2D eigenvalue weighted by Crippen LogP contribution is 2.26. The minimum Gasteiger partial charge on any atom is -0.330 e. The molecule has 2 nitrogen and oxygen atoms in total. The average molecular weight is 248 g/mol. The number of benzene rings is 1. The third-order valence-electron chi connectivity index (χ3n) is 3.03. The Kier molecular flexibility index (Phi) is 4.15. The fourth-order valence-corrected chi connectivity index (χ4v) is 3.07. The molecule has 1 aromatic heterocycles. The Balaban J connectivity index is 2.08. The summed E-state index contributed by atoms with van der Waals surface area (Å²) < 4.78 is 1.38. The van der Waals surface area contributed by atoms with E-state index < -0.39 is 0 Å². The monoisotopic (exact) mass is 248 g/mol. The zero-order valence-corrected chi connectivity index (χ0v) is 11.3. The maximum absolute atomic E-state index is 5.66. The fourth-order valence-electron chi connectivity index (χ4n) is 2.12. The first-order valence-corrected chi connectivity index (χ1v) is 6.92. The molecule has 0 saturated heterocycles. The number of hydrogen-bond acceptors (Lipinski definition) is 3. The van der Waals surface area contributed by atoms with Crippen LogP contribution in [0, 0.1) is 5.92 Å². The number of hydrogen-bond donors (Lipinski definition) is 1. The molecule has 0 amide bonds. The molecular weight excluding hydrogens is 228 g/mol. The SMILES string of the molecule is CC(CN)CN(C)Cc1csc2ccccc12. The van der Waals surface area contributed by atoms with Gasteiger partial charge in [0.2, 0.25) is 0 Å². The van der Waals surface area contributed by atoms with Gasteiger partial charge in [-0.15, -0.1) is 11.3 Å². The molecule has 2 N–H and O–H groups in total. The molecule has 3 heteroatoms. The van der Waals surface area contributed by atoms with Crippen molar-refractivity contribution in [2.45, 2.75) is 13.5 Å². The highest BCUT2D eigenvalue weighted by atomic mass is 32.1. The van der Waals surface area contributed by atoms with Gasteiger partial charge in [-0.2, -0.15) is 0 Å². The normalized spacial score (nSPS) is 13.4. The molecule has 1 atom stereocenters. The molecule has 0 aliphatic rings. The lowest BCUT2D eigenvalue weighted by Gasteiger charge is -2.19. The fraction of sp³-hybridized carbons (Fsp3) is 0.429. The van der Waals surface area contributed by atoms with E-state index >= 15 is 0 Å². The van der Waals surface area contributed by atoms with Crippen LogP contribution in [0.3, 0.4) is 0 Å². The van der Waals surface area contributed by atoms with Gasteiger partial charge >= 0.3 is 0 Å². The van der Waals surface area contributed by atoms with Gasteiger partial charge in [0.25, 0.3) is 0 Å². The second-order valence-electron chi connectivity index (χ2n) is 4.79. The van der Waals surface area contributed by atoms with Crippen LogP contribution in [0.15, 0.2) is 29.6 Å². The largest absolute Gasteiger partial charge is 0.330 e. The summed E-state index contributed by atoms with van der Waals surface area (Å²) in [5.74, 6) is 0.560. The molecule has 0 aliphatic carbocycles. The van der Waals surface area contributed by atoms with Gasteiger partial charge in [0.05, 0.1) is 0 Å². The van der Waals surface area contributed by atoms with Crippen LogP contribution in [0.5, 0.6) is 0 Å². The zero-order chi connectivity index (χ0) is 12.3. The van der Waals surface area contributed by atoms with E-state index in [2.05, 4.69) is 48.5 Å². The first kappa shape index (κ1) is 12.6. The summed E-state index contributed by atoms with van der Waals surface area (Å²) in [7, 11) is 2.17. The van der Waals surface area contributed by atoms with Gasteiger partial charge in [0, 0.05) is 17.8 Å². The van der Waals surface area contributed by atoms with E-state index in [-0.39, 0.29) is 0 Å². The van der Waals surface area contributed by atoms with E-state index in [1.165, 1.54) is 15.6 Å². The first-order chi connectivity index (χ1) is 8.20. The summed E-state index contributed by atoms with van der Waals surface area (Å²) in [6.45, 7) is 5.02. The Hall–Kier alpha value is -0.900. The predicted molar refractivity (Wildman–Crippen MR) is 76.4 cm³/mol. The summed E-state index contributed by atoms with van der Waals surface area (Å²) in [5.41, 5.74) is 7.09. The van der Waals surface area contributed by atoms with Crippen LogP contribution in [0.25, 0.3) is 10.1 Å². The van der Waals surface area contributed by atoms with Crippen molar-refractivity contribution in [1.29, 1.82) is 0 Å². The van der Waals surface area contributed by atoms with Crippen LogP contribution in [0.4, 0.5) is 0 Å². The molecule has 0 bridgehead atoms. The maximum atomic E-state index is 5.66. The third-order valence-corrected chi connectivity index (χ3v) is 4.04. The standard InChI is InChI=1S/C14H20N2S/c1-11(7-15)8-16(2)9-12-10-17-14-6-4-3-5-13(12)14/h3-6,10-11H,7-9,15H2,1-2H3. The number of nitrogens with zero attached hydrogens (tertiary/aromatic N) is 1. The van der Waals surface area contributed by atoms with Gasteiger partial charge in [0.1, 0.15) is 0 Å². The Morgan fingerprint density at radius 2 is 2.12 bits per heavy atom. The number of rotatable bonds is 5. The highest BCUT2D eigenvalue weighted by molar-refractivity contribution is 7.17. The lowest BCUT2D eigenvalue weighted by atomic mass is 10.1. The summed E-state index contributed by atoms with van der Waals surface area (Å²) in [4.78, 5) is 2.35. The number of fused-ring (bicyclic) bond motifs is 1. The predicted octanol–water partition coefficient (Wildman–Crippen LogP) is 2.93. The van der Waals surface area contributed by atoms with Crippen LogP contribution in [-0.4, -0.2) is 25.0 Å². The summed E-state index contributed by atoms with van der Waals surface area (Å²) in [6, 6.07) is 8.61. The third kappa shape index (κ3) is 3.06. The van der Waals surface area contributed by atoms with Crippen LogP contribution in [-0.2, 0) is 6.54 Å². The molecule has 17 heavy (non-hydrogen) atoms. The van der Waals surface area contributed by atoms with Crippen molar-refractivity contribution in [3.8, 4) is 0 Å². The molecule has 0 saturated carbocycles.